The first-order valence-electron chi connectivity index (χ1n) is 10.8. The molecule has 13 heteroatoms. The van der Waals surface area contributed by atoms with E-state index in [1.165, 1.54) is 29.7 Å². The van der Waals surface area contributed by atoms with Crippen molar-refractivity contribution in [1.29, 1.82) is 0 Å². The number of benzene rings is 2. The van der Waals surface area contributed by atoms with Crippen LogP contribution in [-0.2, 0) is 23.4 Å². The predicted molar refractivity (Wildman–Crippen MR) is 127 cm³/mol. The van der Waals surface area contributed by atoms with Crippen LogP contribution in [0.5, 0.6) is 0 Å². The second-order valence-electron chi connectivity index (χ2n) is 8.35. The number of nitrogens with one attached hydrogen (secondary N) is 1. The third kappa shape index (κ3) is 4.48. The van der Waals surface area contributed by atoms with Crippen LogP contribution in [0, 0.1) is 24.4 Å². The van der Waals surface area contributed by atoms with Gasteiger partial charge in [-0.25, -0.2) is 21.6 Å². The van der Waals surface area contributed by atoms with Crippen LogP contribution in [0.25, 0.3) is 22.0 Å². The van der Waals surface area contributed by atoms with Crippen LogP contribution in [0.15, 0.2) is 64.4 Å². The molecule has 0 aliphatic rings. The van der Waals surface area contributed by atoms with Gasteiger partial charge in [-0.3, -0.25) is 14.8 Å². The fraction of sp³-hybridized carbons (Fsp3) is 0.125. The van der Waals surface area contributed by atoms with Gasteiger partial charge < -0.3 is 9.09 Å². The lowest BCUT2D eigenvalue weighted by Crippen LogP contribution is -2.21. The van der Waals surface area contributed by atoms with Gasteiger partial charge in [-0.2, -0.15) is 5.10 Å². The highest BCUT2D eigenvalue weighted by molar-refractivity contribution is 8.06. The van der Waals surface area contributed by atoms with Crippen molar-refractivity contribution in [3.63, 3.8) is 0 Å². The van der Waals surface area contributed by atoms with Crippen LogP contribution in [0.4, 0.5) is 23.8 Å². The average Bonchev–Trinajstić information content (AvgIpc) is 3.54. The summed E-state index contributed by atoms with van der Waals surface area (Å²) in [5, 5.41) is 7.65. The Morgan fingerprint density at radius 2 is 1.84 bits per heavy atom. The van der Waals surface area contributed by atoms with Crippen LogP contribution in [0.3, 0.4) is 0 Å². The molecule has 0 aliphatic heterocycles. The molecular formula is C24H18F3N5O4S. The minimum atomic E-state index is -4.83. The highest BCUT2D eigenvalue weighted by Gasteiger charge is 2.32. The molecule has 1 N–H and O–H groups in total. The Morgan fingerprint density at radius 1 is 1.05 bits per heavy atom. The van der Waals surface area contributed by atoms with Gasteiger partial charge in [-0.1, -0.05) is 17.3 Å². The van der Waals surface area contributed by atoms with Crippen LogP contribution in [0.1, 0.15) is 11.3 Å². The number of rotatable bonds is 5. The number of carbonyl (C=O) groups is 1. The lowest BCUT2D eigenvalue weighted by Gasteiger charge is -2.08. The molecule has 0 spiro atoms. The van der Waals surface area contributed by atoms with Gasteiger partial charge in [0.05, 0.1) is 23.6 Å². The number of amides is 1. The Balaban J connectivity index is 1.55. The summed E-state index contributed by atoms with van der Waals surface area (Å²) >= 11 is 0. The zero-order valence-corrected chi connectivity index (χ0v) is 20.2. The molecular weight excluding hydrogens is 511 g/mol. The van der Waals surface area contributed by atoms with Crippen molar-refractivity contribution in [3.8, 4) is 11.1 Å². The van der Waals surface area contributed by atoms with Crippen LogP contribution >= 0.6 is 0 Å². The Hall–Kier alpha value is -4.39. The molecule has 0 radical (unpaired) electrons. The van der Waals surface area contributed by atoms with Crippen LogP contribution in [-0.4, -0.2) is 33.2 Å². The Labute approximate surface area is 208 Å². The summed E-state index contributed by atoms with van der Waals surface area (Å²) < 4.78 is 77.7. The number of nitrogens with zero attached hydrogens (tertiary/aromatic N) is 4. The fourth-order valence-corrected chi connectivity index (χ4v) is 5.12. The van der Waals surface area contributed by atoms with Gasteiger partial charge in [0.2, 0.25) is 0 Å². The van der Waals surface area contributed by atoms with E-state index in [0.29, 0.717) is 23.0 Å². The quantitative estimate of drug-likeness (QED) is 0.350. The molecule has 37 heavy (non-hydrogen) atoms. The van der Waals surface area contributed by atoms with E-state index < -0.39 is 42.8 Å². The zero-order chi connectivity index (χ0) is 26.5. The molecule has 0 bridgehead atoms. The van der Waals surface area contributed by atoms with Gasteiger partial charge >= 0.3 is 5.24 Å². The first-order chi connectivity index (χ1) is 17.5. The molecule has 9 nitrogen and oxygen atoms in total. The summed E-state index contributed by atoms with van der Waals surface area (Å²) in [5.41, 5.74) is 1.20. The summed E-state index contributed by atoms with van der Waals surface area (Å²) in [6, 6.07) is 7.13. The summed E-state index contributed by atoms with van der Waals surface area (Å²) in [5.74, 6) is -2.61. The van der Waals surface area contributed by atoms with E-state index in [1.54, 1.807) is 30.2 Å². The maximum atomic E-state index is 15.0. The second kappa shape index (κ2) is 8.92. The van der Waals surface area contributed by atoms with Crippen molar-refractivity contribution < 1.29 is 30.9 Å². The van der Waals surface area contributed by atoms with Crippen molar-refractivity contribution in [2.75, 3.05) is 5.32 Å². The van der Waals surface area contributed by atoms with E-state index in [4.69, 9.17) is 4.52 Å². The summed E-state index contributed by atoms with van der Waals surface area (Å²) in [7, 11) is -3.11. The molecule has 190 valence electrons. The van der Waals surface area contributed by atoms with E-state index in [-0.39, 0.29) is 23.4 Å². The first kappa shape index (κ1) is 24.3. The van der Waals surface area contributed by atoms with Crippen molar-refractivity contribution >= 4 is 31.8 Å². The second-order valence-corrected chi connectivity index (χ2v) is 10.2. The first-order valence-corrected chi connectivity index (χ1v) is 12.3. The zero-order valence-electron chi connectivity index (χ0n) is 19.4. The molecule has 0 atom stereocenters. The molecule has 2 aromatic carbocycles. The highest BCUT2D eigenvalue weighted by Crippen LogP contribution is 2.32. The standard InChI is InChI=1S/C24H18F3N5O4S/c1-13-5-22(30-36-13)29-24(33)37(34,35)21-12-32(20-8-17(25)7-19(27)23(20)21)11-15-4-3-14(6-18(15)26)16-9-28-31(2)10-16/h3-10,12H,11H2,1-2H3,(H,29,30,33). The summed E-state index contributed by atoms with van der Waals surface area (Å²) in [4.78, 5) is 11.9. The van der Waals surface area contributed by atoms with E-state index in [9.17, 15) is 22.0 Å². The highest BCUT2D eigenvalue weighted by atomic mass is 32.2. The molecule has 0 aliphatic carbocycles. The number of anilines is 1. The number of aryl methyl sites for hydroxylation is 2. The number of carbonyl (C=O) groups excluding carboxylic acids is 1. The molecule has 3 aromatic heterocycles. The topological polar surface area (TPSA) is 112 Å². The number of sulfone groups is 1. The molecule has 1 amide bonds. The number of hydrogen-bond donors (Lipinski definition) is 1. The number of halogens is 3. The molecule has 3 heterocycles. The largest absolute Gasteiger partial charge is 0.360 e. The molecule has 0 unspecified atom stereocenters. The minimum Gasteiger partial charge on any atom is -0.360 e. The van der Waals surface area contributed by atoms with Gasteiger partial charge in [-0.05, 0) is 24.6 Å². The maximum Gasteiger partial charge on any atom is 0.346 e. The van der Waals surface area contributed by atoms with Crippen LogP contribution < -0.4 is 5.32 Å². The third-order valence-electron chi connectivity index (χ3n) is 5.69. The smallest absolute Gasteiger partial charge is 0.346 e. The van der Waals surface area contributed by atoms with E-state index in [0.717, 1.165) is 12.3 Å². The predicted octanol–water partition coefficient (Wildman–Crippen LogP) is 4.81. The summed E-state index contributed by atoms with van der Waals surface area (Å²) in [6.45, 7) is 1.27. The minimum absolute atomic E-state index is 0.126. The molecule has 5 aromatic rings. The SMILES string of the molecule is Cc1cc(NC(=O)S(=O)(=O)c2cn(Cc3ccc(-c4cnn(C)c4)cc3F)c3cc(F)cc(F)c23)no1. The van der Waals surface area contributed by atoms with Gasteiger partial charge in [0, 0.05) is 42.7 Å². The Kier molecular flexibility index (Phi) is 5.86. The lowest BCUT2D eigenvalue weighted by molar-refractivity contribution is 0.267. The summed E-state index contributed by atoms with van der Waals surface area (Å²) in [6.07, 6.45) is 4.26. The molecule has 5 rings (SSSR count). The molecule has 0 saturated carbocycles. The van der Waals surface area contributed by atoms with Gasteiger partial charge in [0.15, 0.2) is 5.82 Å². The number of hydrogen-bond acceptors (Lipinski definition) is 6. The lowest BCUT2D eigenvalue weighted by atomic mass is 10.1. The average molecular weight is 530 g/mol. The Morgan fingerprint density at radius 3 is 2.49 bits per heavy atom. The normalized spacial score (nSPS) is 11.8. The van der Waals surface area contributed by atoms with Crippen LogP contribution in [0.2, 0.25) is 0 Å². The van der Waals surface area contributed by atoms with Crippen molar-refractivity contribution in [1.82, 2.24) is 19.5 Å². The molecule has 0 fully saturated rings. The molecule has 0 saturated heterocycles. The maximum absolute atomic E-state index is 15.0. The monoisotopic (exact) mass is 529 g/mol. The van der Waals surface area contributed by atoms with E-state index in [1.807, 2.05) is 0 Å². The van der Waals surface area contributed by atoms with Gasteiger partial charge in [-0.15, -0.1) is 0 Å². The van der Waals surface area contributed by atoms with E-state index in [2.05, 4.69) is 15.6 Å². The fourth-order valence-electron chi connectivity index (χ4n) is 3.95. The third-order valence-corrected chi connectivity index (χ3v) is 7.17. The van der Waals surface area contributed by atoms with E-state index >= 15 is 4.39 Å². The van der Waals surface area contributed by atoms with Crippen molar-refractivity contribution in [2.24, 2.45) is 7.05 Å². The van der Waals surface area contributed by atoms with Crippen molar-refractivity contribution in [2.45, 2.75) is 18.4 Å². The number of aromatic nitrogens is 4. The Bertz CT molecular complexity index is 1790. The van der Waals surface area contributed by atoms with Gasteiger partial charge in [0.1, 0.15) is 28.1 Å². The van der Waals surface area contributed by atoms with Gasteiger partial charge in [0.25, 0.3) is 9.84 Å². The van der Waals surface area contributed by atoms with Crippen molar-refractivity contribution in [3.05, 3.63) is 83.8 Å². The number of fused-ring (bicyclic) bond motifs is 1.